The molecule has 0 saturated heterocycles. The highest BCUT2D eigenvalue weighted by Crippen LogP contribution is 2.29. The Morgan fingerprint density at radius 3 is 2.24 bits per heavy atom. The van der Waals surface area contributed by atoms with E-state index >= 15 is 0 Å². The van der Waals surface area contributed by atoms with Gasteiger partial charge in [-0.2, -0.15) is 0 Å². The Morgan fingerprint density at radius 1 is 0.921 bits per heavy atom. The van der Waals surface area contributed by atoms with Crippen molar-refractivity contribution in [1.82, 2.24) is 9.88 Å². The average molecular weight is 511 g/mol. The molecule has 0 spiro atoms. The zero-order chi connectivity index (χ0) is 26.9. The Kier molecular flexibility index (Phi) is 8.69. The molecule has 0 fully saturated rings. The minimum absolute atomic E-state index is 0.0954. The molecule has 0 saturated carbocycles. The lowest BCUT2D eigenvalue weighted by Crippen LogP contribution is -2.37. The lowest BCUT2D eigenvalue weighted by atomic mass is 10.00. The molecule has 0 aliphatic carbocycles. The number of aliphatic hydroxyl groups is 1. The van der Waals surface area contributed by atoms with Crippen molar-refractivity contribution in [3.05, 3.63) is 126 Å². The number of nitrogens with one attached hydrogen (secondary N) is 1. The zero-order valence-electron chi connectivity index (χ0n) is 21.0. The van der Waals surface area contributed by atoms with Crippen LogP contribution >= 0.6 is 0 Å². The number of aliphatic hydroxyl groups excluding tert-OH is 1. The molecule has 0 radical (unpaired) electrons. The van der Waals surface area contributed by atoms with Gasteiger partial charge < -0.3 is 20.9 Å². The highest BCUT2D eigenvalue weighted by atomic mass is 16.6. The summed E-state index contributed by atoms with van der Waals surface area (Å²) in [5.41, 5.74) is 9.66. The quantitative estimate of drug-likeness (QED) is 0.267. The predicted octanol–water partition coefficient (Wildman–Crippen LogP) is 5.20. The molecule has 1 unspecified atom stereocenters. The number of benzene rings is 3. The molecule has 2 atom stereocenters. The first-order valence-corrected chi connectivity index (χ1v) is 12.3. The SMILES string of the molecule is C[C@@H](c1cccnc1)N(CCO)C(=O)OC(c1ccccc1)c1ccc(C(=O)Nc2ccccc2N)cc1. The summed E-state index contributed by atoms with van der Waals surface area (Å²) in [4.78, 5) is 31.8. The van der Waals surface area contributed by atoms with Gasteiger partial charge in [-0.3, -0.25) is 14.7 Å². The molecule has 3 aromatic carbocycles. The van der Waals surface area contributed by atoms with Crippen LogP contribution in [0, 0.1) is 0 Å². The van der Waals surface area contributed by atoms with Gasteiger partial charge in [0.2, 0.25) is 0 Å². The molecule has 8 heteroatoms. The van der Waals surface area contributed by atoms with Gasteiger partial charge in [-0.15, -0.1) is 0 Å². The number of carbonyl (C=O) groups excluding carboxylic acids is 2. The van der Waals surface area contributed by atoms with Crippen LogP contribution in [0.4, 0.5) is 16.2 Å². The fourth-order valence-corrected chi connectivity index (χ4v) is 4.09. The van der Waals surface area contributed by atoms with Crippen molar-refractivity contribution in [2.75, 3.05) is 24.2 Å². The van der Waals surface area contributed by atoms with Crippen molar-refractivity contribution < 1.29 is 19.4 Å². The third kappa shape index (κ3) is 6.35. The van der Waals surface area contributed by atoms with Gasteiger partial charge >= 0.3 is 6.09 Å². The molecule has 38 heavy (non-hydrogen) atoms. The lowest BCUT2D eigenvalue weighted by Gasteiger charge is -2.30. The number of anilines is 2. The van der Waals surface area contributed by atoms with Gasteiger partial charge in [0.15, 0.2) is 6.10 Å². The number of amides is 2. The van der Waals surface area contributed by atoms with E-state index < -0.39 is 12.2 Å². The average Bonchev–Trinajstić information content (AvgIpc) is 2.96. The largest absolute Gasteiger partial charge is 0.436 e. The fourth-order valence-electron chi connectivity index (χ4n) is 4.09. The summed E-state index contributed by atoms with van der Waals surface area (Å²) in [6, 6.07) is 26.6. The van der Waals surface area contributed by atoms with Crippen LogP contribution in [0.2, 0.25) is 0 Å². The molecule has 4 N–H and O–H groups in total. The number of para-hydroxylation sites is 2. The van der Waals surface area contributed by atoms with Crippen LogP contribution in [0.1, 0.15) is 46.1 Å². The minimum Gasteiger partial charge on any atom is -0.436 e. The highest BCUT2D eigenvalue weighted by Gasteiger charge is 2.27. The van der Waals surface area contributed by atoms with E-state index in [0.29, 0.717) is 22.5 Å². The number of hydrogen-bond donors (Lipinski definition) is 3. The zero-order valence-corrected chi connectivity index (χ0v) is 21.0. The summed E-state index contributed by atoms with van der Waals surface area (Å²) >= 11 is 0. The van der Waals surface area contributed by atoms with Gasteiger partial charge in [-0.25, -0.2) is 4.79 Å². The minimum atomic E-state index is -0.729. The van der Waals surface area contributed by atoms with Crippen molar-refractivity contribution in [2.24, 2.45) is 0 Å². The normalized spacial score (nSPS) is 12.3. The van der Waals surface area contributed by atoms with Gasteiger partial charge in [0.05, 0.1) is 24.0 Å². The number of pyridine rings is 1. The van der Waals surface area contributed by atoms with Crippen LogP contribution < -0.4 is 11.1 Å². The summed E-state index contributed by atoms with van der Waals surface area (Å²) in [6.07, 6.45) is 2.04. The molecular weight excluding hydrogens is 480 g/mol. The van der Waals surface area contributed by atoms with Gasteiger partial charge in [0.1, 0.15) is 0 Å². The summed E-state index contributed by atoms with van der Waals surface area (Å²) in [6.45, 7) is 1.74. The van der Waals surface area contributed by atoms with Gasteiger partial charge in [0, 0.05) is 24.5 Å². The summed E-state index contributed by atoms with van der Waals surface area (Å²) in [5, 5.41) is 12.5. The Labute approximate surface area is 221 Å². The number of hydrogen-bond acceptors (Lipinski definition) is 6. The van der Waals surface area contributed by atoms with E-state index in [1.165, 1.54) is 4.90 Å². The van der Waals surface area contributed by atoms with Crippen molar-refractivity contribution in [3.63, 3.8) is 0 Å². The Morgan fingerprint density at radius 2 is 1.58 bits per heavy atom. The maximum absolute atomic E-state index is 13.4. The topological polar surface area (TPSA) is 118 Å². The van der Waals surface area contributed by atoms with E-state index in [-0.39, 0.29) is 25.1 Å². The van der Waals surface area contributed by atoms with Crippen LogP contribution in [0.15, 0.2) is 103 Å². The maximum Gasteiger partial charge on any atom is 0.411 e. The molecule has 4 rings (SSSR count). The van der Waals surface area contributed by atoms with Crippen molar-refractivity contribution in [1.29, 1.82) is 0 Å². The first-order chi connectivity index (χ1) is 18.5. The number of nitrogen functional groups attached to an aromatic ring is 1. The third-order valence-corrected chi connectivity index (χ3v) is 6.22. The van der Waals surface area contributed by atoms with Gasteiger partial charge in [0.25, 0.3) is 5.91 Å². The fraction of sp³-hybridized carbons (Fsp3) is 0.167. The van der Waals surface area contributed by atoms with Crippen molar-refractivity contribution in [2.45, 2.75) is 19.1 Å². The second kappa shape index (κ2) is 12.5. The highest BCUT2D eigenvalue weighted by molar-refractivity contribution is 6.05. The Hall–Kier alpha value is -4.69. The van der Waals surface area contributed by atoms with E-state index in [4.69, 9.17) is 10.5 Å². The molecule has 1 heterocycles. The van der Waals surface area contributed by atoms with Gasteiger partial charge in [-0.1, -0.05) is 60.7 Å². The maximum atomic E-state index is 13.4. The van der Waals surface area contributed by atoms with E-state index in [1.54, 1.807) is 67.0 Å². The monoisotopic (exact) mass is 510 g/mol. The number of rotatable bonds is 9. The molecule has 0 aliphatic rings. The first-order valence-electron chi connectivity index (χ1n) is 12.3. The van der Waals surface area contributed by atoms with Crippen LogP contribution in [0.5, 0.6) is 0 Å². The van der Waals surface area contributed by atoms with Crippen LogP contribution in [-0.4, -0.2) is 40.1 Å². The van der Waals surface area contributed by atoms with E-state index in [1.807, 2.05) is 43.3 Å². The molecule has 2 amide bonds. The Bertz CT molecular complexity index is 1350. The third-order valence-electron chi connectivity index (χ3n) is 6.22. The van der Waals surface area contributed by atoms with E-state index in [9.17, 15) is 14.7 Å². The number of carbonyl (C=O) groups is 2. The number of nitrogens with zero attached hydrogens (tertiary/aromatic N) is 2. The van der Waals surface area contributed by atoms with Crippen LogP contribution in [-0.2, 0) is 4.74 Å². The smallest absolute Gasteiger partial charge is 0.411 e. The number of ether oxygens (including phenoxy) is 1. The second-order valence-electron chi connectivity index (χ2n) is 8.72. The predicted molar refractivity (Wildman–Crippen MR) is 146 cm³/mol. The number of aromatic nitrogens is 1. The molecule has 0 bridgehead atoms. The second-order valence-corrected chi connectivity index (χ2v) is 8.72. The molecular formula is C30H30N4O4. The molecule has 194 valence electrons. The standard InChI is InChI=1S/C30H30N4O4/c1-21(25-10-7-17-32-20-25)34(18-19-35)30(37)38-28(22-8-3-2-4-9-22)23-13-15-24(16-14-23)29(36)33-27-12-6-5-11-26(27)31/h2-17,20-21,28,35H,18-19,31H2,1H3,(H,33,36)/t21-,28?/m0/s1. The molecule has 1 aromatic heterocycles. The van der Waals surface area contributed by atoms with Gasteiger partial charge in [-0.05, 0) is 53.9 Å². The van der Waals surface area contributed by atoms with Crippen LogP contribution in [0.3, 0.4) is 0 Å². The van der Waals surface area contributed by atoms with Crippen molar-refractivity contribution >= 4 is 23.4 Å². The van der Waals surface area contributed by atoms with E-state index in [2.05, 4.69) is 10.3 Å². The summed E-state index contributed by atoms with van der Waals surface area (Å²) in [5.74, 6) is -0.304. The molecule has 4 aromatic rings. The van der Waals surface area contributed by atoms with Crippen LogP contribution in [0.25, 0.3) is 0 Å². The first kappa shape index (κ1) is 26.4. The Balaban J connectivity index is 1.57. The van der Waals surface area contributed by atoms with Crippen molar-refractivity contribution in [3.8, 4) is 0 Å². The number of nitrogens with two attached hydrogens (primary N) is 1. The summed E-state index contributed by atoms with van der Waals surface area (Å²) < 4.78 is 6.03. The molecule has 0 aliphatic heterocycles. The van der Waals surface area contributed by atoms with E-state index in [0.717, 1.165) is 11.1 Å². The summed E-state index contributed by atoms with van der Waals surface area (Å²) in [7, 11) is 0. The molecule has 8 nitrogen and oxygen atoms in total. The lowest BCUT2D eigenvalue weighted by molar-refractivity contribution is 0.0587.